The fraction of sp³-hybridized carbons (Fsp3) is 0.417. The molecule has 2 bridgehead atoms. The molecule has 0 radical (unpaired) electrons. The van der Waals surface area contributed by atoms with Crippen LogP contribution in [-0.4, -0.2) is 16.7 Å². The molecule has 3 aliphatic carbocycles. The first-order chi connectivity index (χ1) is 7.54. The van der Waals surface area contributed by atoms with Crippen LogP contribution in [0.2, 0.25) is 5.02 Å². The largest absolute Gasteiger partial charge is 0.465 e. The van der Waals surface area contributed by atoms with Crippen molar-refractivity contribution in [3.63, 3.8) is 0 Å². The molecule has 84 valence electrons. The normalized spacial score (nSPS) is 34.8. The van der Waals surface area contributed by atoms with Crippen molar-refractivity contribution in [1.29, 1.82) is 0 Å². The van der Waals surface area contributed by atoms with Gasteiger partial charge in [0, 0.05) is 16.0 Å². The van der Waals surface area contributed by atoms with Crippen molar-refractivity contribution in [2.24, 2.45) is 0 Å². The van der Waals surface area contributed by atoms with Gasteiger partial charge in [0.05, 0.1) is 0 Å². The minimum atomic E-state index is -0.913. The highest BCUT2D eigenvalue weighted by Crippen LogP contribution is 2.67. The maximum Gasteiger partial charge on any atom is 0.405 e. The Labute approximate surface area is 98.4 Å². The van der Waals surface area contributed by atoms with Gasteiger partial charge in [-0.3, -0.25) is 0 Å². The van der Waals surface area contributed by atoms with Crippen molar-refractivity contribution < 1.29 is 9.90 Å². The number of nitrogens with one attached hydrogen (secondary N) is 1. The van der Waals surface area contributed by atoms with Gasteiger partial charge in [0.2, 0.25) is 0 Å². The summed E-state index contributed by atoms with van der Waals surface area (Å²) in [5.74, 6) is 0. The van der Waals surface area contributed by atoms with Gasteiger partial charge < -0.3 is 10.4 Å². The number of halogens is 1. The van der Waals surface area contributed by atoms with Crippen LogP contribution >= 0.6 is 11.6 Å². The topological polar surface area (TPSA) is 49.3 Å². The molecule has 1 aromatic rings. The zero-order valence-electron chi connectivity index (χ0n) is 8.66. The number of benzene rings is 1. The lowest BCUT2D eigenvalue weighted by atomic mass is 9.37. The van der Waals surface area contributed by atoms with Crippen LogP contribution in [0.5, 0.6) is 0 Å². The van der Waals surface area contributed by atoms with E-state index in [-0.39, 0.29) is 11.0 Å². The summed E-state index contributed by atoms with van der Waals surface area (Å²) < 4.78 is 0. The van der Waals surface area contributed by atoms with Crippen molar-refractivity contribution in [3.05, 3.63) is 34.9 Å². The third-order valence-corrected chi connectivity index (χ3v) is 4.11. The molecule has 1 aromatic carbocycles. The molecular weight excluding hydrogens is 226 g/mol. The molecule has 4 heteroatoms. The monoisotopic (exact) mass is 237 g/mol. The van der Waals surface area contributed by atoms with E-state index in [9.17, 15) is 4.79 Å². The van der Waals surface area contributed by atoms with Gasteiger partial charge in [-0.1, -0.05) is 23.7 Å². The maximum absolute atomic E-state index is 10.6. The van der Waals surface area contributed by atoms with Gasteiger partial charge >= 0.3 is 6.09 Å². The zero-order chi connectivity index (χ0) is 11.4. The van der Waals surface area contributed by atoms with Gasteiger partial charge in [0.15, 0.2) is 0 Å². The molecule has 0 spiro atoms. The van der Waals surface area contributed by atoms with Gasteiger partial charge in [0.1, 0.15) is 0 Å². The Bertz CT molecular complexity index is 435. The molecule has 0 unspecified atom stereocenters. The Morgan fingerprint density at radius 2 is 1.81 bits per heavy atom. The smallest absolute Gasteiger partial charge is 0.405 e. The summed E-state index contributed by atoms with van der Waals surface area (Å²) in [6.07, 6.45) is 1.86. The summed E-state index contributed by atoms with van der Waals surface area (Å²) in [5.41, 5.74) is 1.37. The van der Waals surface area contributed by atoms with Crippen LogP contribution in [0.15, 0.2) is 24.3 Å². The summed E-state index contributed by atoms with van der Waals surface area (Å²) in [7, 11) is 0. The number of carboxylic acid groups (broad SMARTS) is 1. The van der Waals surface area contributed by atoms with E-state index < -0.39 is 6.09 Å². The standard InChI is InChI=1S/C12H12ClNO2/c13-9-3-1-8(2-4-9)11-5-12(6-11,7-11)14-10(15)16/h1-4,14H,5-7H2,(H,15,16). The van der Waals surface area contributed by atoms with Crippen LogP contribution in [-0.2, 0) is 5.41 Å². The highest BCUT2D eigenvalue weighted by molar-refractivity contribution is 6.30. The zero-order valence-corrected chi connectivity index (χ0v) is 9.42. The molecule has 4 rings (SSSR count). The summed E-state index contributed by atoms with van der Waals surface area (Å²) in [6, 6.07) is 7.89. The number of carbonyl (C=O) groups is 1. The first kappa shape index (κ1) is 9.97. The predicted octanol–water partition coefficient (Wildman–Crippen LogP) is 2.78. The van der Waals surface area contributed by atoms with Gasteiger partial charge in [-0.25, -0.2) is 4.79 Å². The average molecular weight is 238 g/mol. The van der Waals surface area contributed by atoms with Crippen LogP contribution in [0.3, 0.4) is 0 Å². The second-order valence-electron chi connectivity index (χ2n) is 5.03. The molecule has 3 saturated carbocycles. The SMILES string of the molecule is O=C(O)NC12CC(c3ccc(Cl)cc3)(C1)C2. The van der Waals surface area contributed by atoms with E-state index in [1.165, 1.54) is 5.56 Å². The molecule has 0 saturated heterocycles. The minimum Gasteiger partial charge on any atom is -0.465 e. The van der Waals surface area contributed by atoms with Crippen LogP contribution in [0, 0.1) is 0 Å². The minimum absolute atomic E-state index is 0.133. The van der Waals surface area contributed by atoms with E-state index in [1.807, 2.05) is 24.3 Å². The van der Waals surface area contributed by atoms with Crippen molar-refractivity contribution in [1.82, 2.24) is 5.32 Å². The average Bonchev–Trinajstić information content (AvgIpc) is 2.10. The number of rotatable bonds is 2. The Morgan fingerprint density at radius 3 is 2.31 bits per heavy atom. The number of hydrogen-bond donors (Lipinski definition) is 2. The Hall–Kier alpha value is -1.22. The van der Waals surface area contributed by atoms with Crippen LogP contribution < -0.4 is 5.32 Å². The molecule has 16 heavy (non-hydrogen) atoms. The number of hydrogen-bond acceptors (Lipinski definition) is 1. The number of amides is 1. The lowest BCUT2D eigenvalue weighted by Crippen LogP contribution is -2.76. The van der Waals surface area contributed by atoms with Crippen LogP contribution in [0.1, 0.15) is 24.8 Å². The maximum atomic E-state index is 10.6. The molecular formula is C12H12ClNO2. The molecule has 3 fully saturated rings. The highest BCUT2D eigenvalue weighted by Gasteiger charge is 2.69. The third kappa shape index (κ3) is 1.24. The molecule has 3 aliphatic rings. The van der Waals surface area contributed by atoms with Gasteiger partial charge in [0.25, 0.3) is 0 Å². The summed E-state index contributed by atoms with van der Waals surface area (Å²) in [4.78, 5) is 10.6. The predicted molar refractivity (Wildman–Crippen MR) is 60.9 cm³/mol. The summed E-state index contributed by atoms with van der Waals surface area (Å²) in [5, 5.41) is 12.1. The molecule has 0 atom stereocenters. The molecule has 0 heterocycles. The second-order valence-corrected chi connectivity index (χ2v) is 5.46. The quantitative estimate of drug-likeness (QED) is 0.831. The van der Waals surface area contributed by atoms with Gasteiger partial charge in [-0.2, -0.15) is 0 Å². The molecule has 2 N–H and O–H groups in total. The second kappa shape index (κ2) is 2.92. The molecule has 0 aliphatic heterocycles. The van der Waals surface area contributed by atoms with E-state index in [0.29, 0.717) is 0 Å². The van der Waals surface area contributed by atoms with Gasteiger partial charge in [-0.15, -0.1) is 0 Å². The van der Waals surface area contributed by atoms with E-state index >= 15 is 0 Å². The fourth-order valence-corrected chi connectivity index (χ4v) is 3.38. The third-order valence-electron chi connectivity index (χ3n) is 3.86. The van der Waals surface area contributed by atoms with Crippen LogP contribution in [0.25, 0.3) is 0 Å². The summed E-state index contributed by atoms with van der Waals surface area (Å²) in [6.45, 7) is 0. The Morgan fingerprint density at radius 1 is 1.25 bits per heavy atom. The van der Waals surface area contributed by atoms with Crippen molar-refractivity contribution in [2.75, 3.05) is 0 Å². The van der Waals surface area contributed by atoms with E-state index in [4.69, 9.17) is 16.7 Å². The van der Waals surface area contributed by atoms with Crippen molar-refractivity contribution >= 4 is 17.7 Å². The van der Waals surface area contributed by atoms with E-state index in [1.54, 1.807) is 0 Å². The Kier molecular flexibility index (Phi) is 1.82. The van der Waals surface area contributed by atoms with Crippen molar-refractivity contribution in [3.8, 4) is 0 Å². The van der Waals surface area contributed by atoms with Gasteiger partial charge in [-0.05, 0) is 37.0 Å². The fourth-order valence-electron chi connectivity index (χ4n) is 3.26. The van der Waals surface area contributed by atoms with Crippen molar-refractivity contribution in [2.45, 2.75) is 30.2 Å². The molecule has 3 nitrogen and oxygen atoms in total. The highest BCUT2D eigenvalue weighted by atomic mass is 35.5. The first-order valence-electron chi connectivity index (χ1n) is 5.31. The Balaban J connectivity index is 1.73. The lowest BCUT2D eigenvalue weighted by Gasteiger charge is -2.70. The first-order valence-corrected chi connectivity index (χ1v) is 5.69. The van der Waals surface area contributed by atoms with Crippen LogP contribution in [0.4, 0.5) is 4.79 Å². The molecule has 1 amide bonds. The summed E-state index contributed by atoms with van der Waals surface area (Å²) >= 11 is 5.84. The molecule has 0 aromatic heterocycles. The lowest BCUT2D eigenvalue weighted by molar-refractivity contribution is -0.0821. The van der Waals surface area contributed by atoms with E-state index in [2.05, 4.69) is 5.32 Å². The van der Waals surface area contributed by atoms with E-state index in [0.717, 1.165) is 24.3 Å².